The minimum Gasteiger partial charge on any atom is -0.307 e. The van der Waals surface area contributed by atoms with Crippen molar-refractivity contribution in [2.24, 2.45) is 0 Å². The fraction of sp³-hybridized carbons (Fsp3) is 0.500. The van der Waals surface area contributed by atoms with Crippen molar-refractivity contribution in [1.29, 1.82) is 0 Å². The Hall–Kier alpha value is -0.890. The van der Waals surface area contributed by atoms with Crippen molar-refractivity contribution < 1.29 is 0 Å². The summed E-state index contributed by atoms with van der Waals surface area (Å²) in [5, 5.41) is 3.59. The van der Waals surface area contributed by atoms with Gasteiger partial charge >= 0.3 is 0 Å². The van der Waals surface area contributed by atoms with E-state index < -0.39 is 0 Å². The van der Waals surface area contributed by atoms with Gasteiger partial charge in [-0.3, -0.25) is 4.98 Å². The first kappa shape index (κ1) is 6.61. The van der Waals surface area contributed by atoms with E-state index in [9.17, 15) is 0 Å². The maximum atomic E-state index is 4.36. The van der Waals surface area contributed by atoms with Crippen LogP contribution in [0.2, 0.25) is 0 Å². The predicted molar refractivity (Wildman–Crippen MR) is 45.7 cm³/mol. The van der Waals surface area contributed by atoms with Crippen LogP contribution in [0.1, 0.15) is 30.1 Å². The molecule has 0 aliphatic carbocycles. The highest BCUT2D eigenvalue weighted by molar-refractivity contribution is 5.28. The van der Waals surface area contributed by atoms with Gasteiger partial charge in [-0.2, -0.15) is 0 Å². The fourth-order valence-electron chi connectivity index (χ4n) is 2.33. The lowest BCUT2D eigenvalue weighted by atomic mass is 10.0. The number of rotatable bonds is 0. The van der Waals surface area contributed by atoms with E-state index in [2.05, 4.69) is 22.4 Å². The third-order valence-corrected chi connectivity index (χ3v) is 2.92. The first-order valence-corrected chi connectivity index (χ1v) is 4.54. The molecule has 61 valence electrons. The monoisotopic (exact) mass is 159 g/mol. The lowest BCUT2D eigenvalue weighted by Crippen LogP contribution is -2.32. The Bertz CT molecular complexity index is 308. The van der Waals surface area contributed by atoms with E-state index >= 15 is 0 Å². The van der Waals surface area contributed by atoms with Gasteiger partial charge in [0, 0.05) is 36.5 Å². The van der Waals surface area contributed by atoms with Crippen molar-refractivity contribution in [2.45, 2.75) is 31.3 Å². The topological polar surface area (TPSA) is 24.9 Å². The average Bonchev–Trinajstić information content (AvgIpc) is 2.49. The van der Waals surface area contributed by atoms with Crippen LogP contribution in [0.15, 0.2) is 12.3 Å². The Balaban J connectivity index is 2.13. The summed E-state index contributed by atoms with van der Waals surface area (Å²) in [5.74, 6) is 0. The summed E-state index contributed by atoms with van der Waals surface area (Å²) in [6.07, 6.45) is 5.47. The van der Waals surface area contributed by atoms with E-state index in [1.54, 1.807) is 6.20 Å². The summed E-state index contributed by atoms with van der Waals surface area (Å²) >= 11 is 0. The number of nitrogens with one attached hydrogen (secondary N) is 1. The van der Waals surface area contributed by atoms with Gasteiger partial charge < -0.3 is 5.32 Å². The number of nitrogens with zero attached hydrogens (tertiary/aromatic N) is 1. The van der Waals surface area contributed by atoms with E-state index in [-0.39, 0.29) is 0 Å². The van der Waals surface area contributed by atoms with Crippen molar-refractivity contribution >= 4 is 0 Å². The van der Waals surface area contributed by atoms with Gasteiger partial charge in [0.2, 0.25) is 0 Å². The number of hydrogen-bond donors (Lipinski definition) is 1. The Morgan fingerprint density at radius 2 is 2.50 bits per heavy atom. The molecule has 0 saturated carbocycles. The van der Waals surface area contributed by atoms with Crippen LogP contribution in [0.5, 0.6) is 0 Å². The molecule has 0 spiro atoms. The van der Waals surface area contributed by atoms with Crippen molar-refractivity contribution in [3.8, 4) is 0 Å². The highest BCUT2D eigenvalue weighted by atomic mass is 15.0. The normalized spacial score (nSPS) is 31.7. The molecule has 2 aliphatic rings. The Labute approximate surface area is 72.0 Å². The van der Waals surface area contributed by atoms with Crippen LogP contribution < -0.4 is 5.32 Å². The standard InChI is InChI=1S/C10H11N2/c1-2-8-9-4-3-7(12-9)6-10(8)11-5-1/h2,5,7,9,12H,3-4,6H2. The van der Waals surface area contributed by atoms with E-state index in [1.807, 2.05) is 0 Å². The molecule has 0 aromatic carbocycles. The van der Waals surface area contributed by atoms with Crippen molar-refractivity contribution in [2.75, 3.05) is 0 Å². The van der Waals surface area contributed by atoms with Gasteiger partial charge in [0.25, 0.3) is 0 Å². The molecule has 1 saturated heterocycles. The maximum absolute atomic E-state index is 4.36. The van der Waals surface area contributed by atoms with E-state index in [0.29, 0.717) is 12.1 Å². The molecule has 2 bridgehead atoms. The summed E-state index contributed by atoms with van der Waals surface area (Å²) in [6.45, 7) is 0. The molecule has 2 aliphatic heterocycles. The summed E-state index contributed by atoms with van der Waals surface area (Å²) in [5.41, 5.74) is 2.67. The first-order chi connectivity index (χ1) is 5.93. The SMILES string of the molecule is [c]1cnc2c(c1)C1CCC(C2)N1. The second-order valence-corrected chi connectivity index (χ2v) is 3.67. The molecule has 1 aromatic heterocycles. The highest BCUT2D eigenvalue weighted by Crippen LogP contribution is 2.34. The van der Waals surface area contributed by atoms with Gasteiger partial charge in [-0.1, -0.05) is 0 Å². The average molecular weight is 159 g/mol. The molecule has 0 amide bonds. The number of fused-ring (bicyclic) bond motifs is 4. The zero-order valence-electron chi connectivity index (χ0n) is 6.88. The summed E-state index contributed by atoms with van der Waals surface area (Å²) in [6, 6.07) is 6.40. The van der Waals surface area contributed by atoms with Gasteiger partial charge in [0.1, 0.15) is 0 Å². The van der Waals surface area contributed by atoms with Crippen molar-refractivity contribution in [1.82, 2.24) is 10.3 Å². The zero-order chi connectivity index (χ0) is 7.97. The van der Waals surface area contributed by atoms with Gasteiger partial charge in [-0.05, 0) is 24.5 Å². The molecule has 2 nitrogen and oxygen atoms in total. The van der Waals surface area contributed by atoms with Crippen LogP contribution in [0, 0.1) is 6.07 Å². The third kappa shape index (κ3) is 0.815. The Morgan fingerprint density at radius 3 is 3.50 bits per heavy atom. The van der Waals surface area contributed by atoms with Gasteiger partial charge in [-0.25, -0.2) is 0 Å². The maximum Gasteiger partial charge on any atom is 0.0467 e. The molecule has 2 heteroatoms. The van der Waals surface area contributed by atoms with Gasteiger partial charge in [0.05, 0.1) is 0 Å². The third-order valence-electron chi connectivity index (χ3n) is 2.92. The van der Waals surface area contributed by atoms with Crippen LogP contribution in [0.4, 0.5) is 0 Å². The van der Waals surface area contributed by atoms with Crippen molar-refractivity contribution in [3.05, 3.63) is 29.6 Å². The molecule has 1 aromatic rings. The molecule has 3 rings (SSSR count). The Morgan fingerprint density at radius 1 is 1.50 bits per heavy atom. The van der Waals surface area contributed by atoms with Gasteiger partial charge in [-0.15, -0.1) is 0 Å². The summed E-state index contributed by atoms with van der Waals surface area (Å²) < 4.78 is 0. The second-order valence-electron chi connectivity index (χ2n) is 3.67. The van der Waals surface area contributed by atoms with Crippen LogP contribution in [-0.4, -0.2) is 11.0 Å². The lowest BCUT2D eigenvalue weighted by molar-refractivity contribution is 0.506. The molecular weight excluding hydrogens is 148 g/mol. The predicted octanol–water partition coefficient (Wildman–Crippen LogP) is 1.23. The minimum atomic E-state index is 0.573. The largest absolute Gasteiger partial charge is 0.307 e. The summed E-state index contributed by atoms with van der Waals surface area (Å²) in [4.78, 5) is 4.36. The smallest absolute Gasteiger partial charge is 0.0467 e. The minimum absolute atomic E-state index is 0.573. The first-order valence-electron chi connectivity index (χ1n) is 4.54. The lowest BCUT2D eigenvalue weighted by Gasteiger charge is -2.22. The molecule has 1 N–H and O–H groups in total. The molecule has 3 heterocycles. The van der Waals surface area contributed by atoms with Crippen LogP contribution in [0.25, 0.3) is 0 Å². The van der Waals surface area contributed by atoms with Gasteiger partial charge in [0.15, 0.2) is 0 Å². The van der Waals surface area contributed by atoms with E-state index in [0.717, 1.165) is 6.42 Å². The molecule has 12 heavy (non-hydrogen) atoms. The van der Waals surface area contributed by atoms with Crippen LogP contribution in [0.3, 0.4) is 0 Å². The molecule has 1 radical (unpaired) electrons. The van der Waals surface area contributed by atoms with Crippen LogP contribution >= 0.6 is 0 Å². The Kier molecular flexibility index (Phi) is 1.27. The molecular formula is C10H11N2. The number of hydrogen-bond acceptors (Lipinski definition) is 2. The van der Waals surface area contributed by atoms with Crippen molar-refractivity contribution in [3.63, 3.8) is 0 Å². The molecule has 2 unspecified atom stereocenters. The van der Waals surface area contributed by atoms with Crippen LogP contribution in [-0.2, 0) is 6.42 Å². The highest BCUT2D eigenvalue weighted by Gasteiger charge is 2.32. The molecule has 2 atom stereocenters. The quantitative estimate of drug-likeness (QED) is 0.616. The van der Waals surface area contributed by atoms with E-state index in [1.165, 1.54) is 24.1 Å². The molecule has 1 fully saturated rings. The van der Waals surface area contributed by atoms with E-state index in [4.69, 9.17) is 0 Å². The number of pyridine rings is 1. The second kappa shape index (κ2) is 2.30. The zero-order valence-corrected chi connectivity index (χ0v) is 6.88. The fourth-order valence-corrected chi connectivity index (χ4v) is 2.33. The summed E-state index contributed by atoms with van der Waals surface area (Å²) in [7, 11) is 0. The number of aromatic nitrogens is 1.